The summed E-state index contributed by atoms with van der Waals surface area (Å²) in [4.78, 5) is 2.26. The Hall–Kier alpha value is 0.170. The normalized spacial score (nSPS) is 26.4. The molecule has 0 spiro atoms. The molecule has 0 aliphatic carbocycles. The molecule has 2 unspecified atom stereocenters. The van der Waals surface area contributed by atoms with Crippen LogP contribution < -0.4 is 0 Å². The van der Waals surface area contributed by atoms with Gasteiger partial charge in [-0.05, 0) is 25.8 Å². The number of hydrogen-bond acceptors (Lipinski definition) is 3. The molecule has 3 nitrogen and oxygen atoms in total. The van der Waals surface area contributed by atoms with Crippen molar-refractivity contribution >= 4 is 11.6 Å². The van der Waals surface area contributed by atoms with Crippen molar-refractivity contribution in [3.05, 3.63) is 0 Å². The molecule has 4 heteroatoms. The molecular weight excluding hydrogens is 202 g/mol. The van der Waals surface area contributed by atoms with Crippen molar-refractivity contribution in [2.75, 3.05) is 25.6 Å². The molecule has 1 aliphatic rings. The first-order valence-electron chi connectivity index (χ1n) is 5.37. The summed E-state index contributed by atoms with van der Waals surface area (Å²) in [5, 5.41) is 18.4. The lowest BCUT2D eigenvalue weighted by molar-refractivity contribution is 0.0659. The highest BCUT2D eigenvalue weighted by Crippen LogP contribution is 2.19. The average molecular weight is 222 g/mol. The van der Waals surface area contributed by atoms with Crippen LogP contribution in [0.4, 0.5) is 0 Å². The summed E-state index contributed by atoms with van der Waals surface area (Å²) in [6.07, 6.45) is 3.94. The fraction of sp³-hybridized carbons (Fsp3) is 1.00. The van der Waals surface area contributed by atoms with Crippen molar-refractivity contribution in [1.82, 2.24) is 4.90 Å². The lowest BCUT2D eigenvalue weighted by atomic mass is 9.99. The van der Waals surface area contributed by atoms with Gasteiger partial charge in [-0.15, -0.1) is 11.6 Å². The van der Waals surface area contributed by atoms with E-state index in [1.807, 2.05) is 0 Å². The summed E-state index contributed by atoms with van der Waals surface area (Å²) in [7, 11) is 0. The third-order valence-electron chi connectivity index (χ3n) is 2.83. The Balaban J connectivity index is 2.37. The van der Waals surface area contributed by atoms with Crippen LogP contribution in [-0.4, -0.2) is 52.8 Å². The van der Waals surface area contributed by atoms with Gasteiger partial charge in [-0.1, -0.05) is 6.42 Å². The quantitative estimate of drug-likeness (QED) is 0.676. The number of β-amino-alcohol motifs (C(OH)–C–C–N with tert-alkyl or cyclic N) is 1. The van der Waals surface area contributed by atoms with E-state index < -0.39 is 6.10 Å². The number of aliphatic hydroxyl groups is 2. The van der Waals surface area contributed by atoms with Crippen LogP contribution in [0.25, 0.3) is 0 Å². The van der Waals surface area contributed by atoms with E-state index in [1.165, 1.54) is 12.8 Å². The SMILES string of the molecule is OCCC1CCCCN1CC(O)CCl. The highest BCUT2D eigenvalue weighted by Gasteiger charge is 2.23. The maximum absolute atomic E-state index is 9.46. The molecule has 2 atom stereocenters. The van der Waals surface area contributed by atoms with Gasteiger partial charge in [0, 0.05) is 25.1 Å². The Kier molecular flexibility index (Phi) is 5.78. The highest BCUT2D eigenvalue weighted by atomic mass is 35.5. The van der Waals surface area contributed by atoms with E-state index >= 15 is 0 Å². The molecule has 2 N–H and O–H groups in total. The zero-order valence-corrected chi connectivity index (χ0v) is 9.29. The Morgan fingerprint density at radius 3 is 2.86 bits per heavy atom. The summed E-state index contributed by atoms with van der Waals surface area (Å²) in [6.45, 7) is 1.91. The number of hydrogen-bond donors (Lipinski definition) is 2. The number of aliphatic hydroxyl groups excluding tert-OH is 2. The average Bonchev–Trinajstić information content (AvgIpc) is 2.21. The molecule has 84 valence electrons. The largest absolute Gasteiger partial charge is 0.396 e. The summed E-state index contributed by atoms with van der Waals surface area (Å²) in [5.41, 5.74) is 0. The number of alkyl halides is 1. The van der Waals surface area contributed by atoms with Crippen molar-refractivity contribution in [1.29, 1.82) is 0 Å². The summed E-state index contributed by atoms with van der Waals surface area (Å²) in [6, 6.07) is 0.437. The zero-order valence-electron chi connectivity index (χ0n) is 8.53. The van der Waals surface area contributed by atoms with Crippen molar-refractivity contribution in [3.63, 3.8) is 0 Å². The molecule has 0 amide bonds. The van der Waals surface area contributed by atoms with Gasteiger partial charge in [0.25, 0.3) is 0 Å². The van der Waals surface area contributed by atoms with Gasteiger partial charge in [0.05, 0.1) is 6.10 Å². The van der Waals surface area contributed by atoms with Gasteiger partial charge in [0.2, 0.25) is 0 Å². The number of nitrogens with zero attached hydrogens (tertiary/aromatic N) is 1. The Morgan fingerprint density at radius 2 is 2.21 bits per heavy atom. The molecule has 1 rings (SSSR count). The molecule has 1 saturated heterocycles. The second kappa shape index (κ2) is 6.62. The molecular formula is C10H20ClNO2. The molecule has 0 aromatic rings. The lowest BCUT2D eigenvalue weighted by Gasteiger charge is -2.36. The molecule has 0 radical (unpaired) electrons. The molecule has 1 fully saturated rings. The predicted octanol–water partition coefficient (Wildman–Crippen LogP) is 0.823. The van der Waals surface area contributed by atoms with Crippen LogP contribution in [0.15, 0.2) is 0 Å². The van der Waals surface area contributed by atoms with Gasteiger partial charge in [-0.25, -0.2) is 0 Å². The van der Waals surface area contributed by atoms with E-state index in [1.54, 1.807) is 0 Å². The molecule has 1 heterocycles. The van der Waals surface area contributed by atoms with E-state index in [2.05, 4.69) is 4.90 Å². The number of rotatable bonds is 5. The summed E-state index contributed by atoms with van der Waals surface area (Å²) < 4.78 is 0. The maximum Gasteiger partial charge on any atom is 0.0802 e. The van der Waals surface area contributed by atoms with Gasteiger partial charge in [-0.3, -0.25) is 4.90 Å². The van der Waals surface area contributed by atoms with E-state index in [-0.39, 0.29) is 6.61 Å². The molecule has 0 bridgehead atoms. The smallest absolute Gasteiger partial charge is 0.0802 e. The molecule has 0 aromatic heterocycles. The number of piperidine rings is 1. The van der Waals surface area contributed by atoms with Gasteiger partial charge in [-0.2, -0.15) is 0 Å². The van der Waals surface area contributed by atoms with Crippen molar-refractivity contribution in [3.8, 4) is 0 Å². The van der Waals surface area contributed by atoms with Crippen LogP contribution in [-0.2, 0) is 0 Å². The van der Waals surface area contributed by atoms with Crippen LogP contribution in [0.5, 0.6) is 0 Å². The predicted molar refractivity (Wildman–Crippen MR) is 57.6 cm³/mol. The van der Waals surface area contributed by atoms with Crippen LogP contribution in [0.3, 0.4) is 0 Å². The van der Waals surface area contributed by atoms with Crippen LogP contribution >= 0.6 is 11.6 Å². The first-order valence-corrected chi connectivity index (χ1v) is 5.90. The van der Waals surface area contributed by atoms with Gasteiger partial charge in [0.15, 0.2) is 0 Å². The van der Waals surface area contributed by atoms with E-state index in [0.717, 1.165) is 19.4 Å². The standard InChI is InChI=1S/C10H20ClNO2/c11-7-10(14)8-12-5-2-1-3-9(12)4-6-13/h9-10,13-14H,1-8H2. The maximum atomic E-state index is 9.46. The number of likely N-dealkylation sites (tertiary alicyclic amines) is 1. The molecule has 0 saturated carbocycles. The minimum absolute atomic E-state index is 0.234. The van der Waals surface area contributed by atoms with Gasteiger partial charge >= 0.3 is 0 Å². The minimum Gasteiger partial charge on any atom is -0.396 e. The van der Waals surface area contributed by atoms with Crippen molar-refractivity contribution in [2.24, 2.45) is 0 Å². The first kappa shape index (κ1) is 12.2. The van der Waals surface area contributed by atoms with Crippen LogP contribution in [0.2, 0.25) is 0 Å². The fourth-order valence-corrected chi connectivity index (χ4v) is 2.19. The monoisotopic (exact) mass is 221 g/mol. The summed E-state index contributed by atoms with van der Waals surface area (Å²) >= 11 is 5.57. The molecule has 0 aromatic carbocycles. The Labute approximate surface area is 90.7 Å². The van der Waals surface area contributed by atoms with Crippen LogP contribution in [0.1, 0.15) is 25.7 Å². The molecule has 1 aliphatic heterocycles. The second-order valence-corrected chi connectivity index (χ2v) is 4.27. The second-order valence-electron chi connectivity index (χ2n) is 3.96. The van der Waals surface area contributed by atoms with Crippen molar-refractivity contribution < 1.29 is 10.2 Å². The first-order chi connectivity index (χ1) is 6.77. The van der Waals surface area contributed by atoms with Gasteiger partial charge < -0.3 is 10.2 Å². The third kappa shape index (κ3) is 3.73. The van der Waals surface area contributed by atoms with E-state index in [4.69, 9.17) is 16.7 Å². The Morgan fingerprint density at radius 1 is 1.43 bits per heavy atom. The Bertz CT molecular complexity index is 155. The zero-order chi connectivity index (χ0) is 10.4. The fourth-order valence-electron chi connectivity index (χ4n) is 2.10. The topological polar surface area (TPSA) is 43.7 Å². The van der Waals surface area contributed by atoms with Gasteiger partial charge in [0.1, 0.15) is 0 Å². The number of halogens is 1. The molecule has 14 heavy (non-hydrogen) atoms. The minimum atomic E-state index is -0.434. The highest BCUT2D eigenvalue weighted by molar-refractivity contribution is 6.18. The van der Waals surface area contributed by atoms with E-state index in [9.17, 15) is 5.11 Å². The third-order valence-corrected chi connectivity index (χ3v) is 3.19. The van der Waals surface area contributed by atoms with Crippen molar-refractivity contribution in [2.45, 2.75) is 37.8 Å². The van der Waals surface area contributed by atoms with Crippen LogP contribution in [0, 0.1) is 0 Å². The lowest BCUT2D eigenvalue weighted by Crippen LogP contribution is -2.44. The summed E-state index contributed by atoms with van der Waals surface area (Å²) in [5.74, 6) is 0.294. The van der Waals surface area contributed by atoms with E-state index in [0.29, 0.717) is 18.5 Å².